The number of aromatic nitrogens is 2. The van der Waals surface area contributed by atoms with Gasteiger partial charge in [0.2, 0.25) is 0 Å². The van der Waals surface area contributed by atoms with Crippen LogP contribution >= 0.6 is 0 Å². The van der Waals surface area contributed by atoms with E-state index in [1.54, 1.807) is 19.1 Å². The molecule has 4 aliphatic carbocycles. The Hall–Kier alpha value is -2.51. The van der Waals surface area contributed by atoms with Gasteiger partial charge in [-0.2, -0.15) is 5.10 Å². The van der Waals surface area contributed by atoms with E-state index < -0.39 is 23.1 Å². The number of allylic oxidation sites excluding steroid dienone is 1. The number of hydrogen-bond acceptors (Lipinski definition) is 5. The van der Waals surface area contributed by atoms with Crippen molar-refractivity contribution in [3.05, 3.63) is 53.1 Å². The number of fused-ring (bicyclic) bond motifs is 6. The summed E-state index contributed by atoms with van der Waals surface area (Å²) < 4.78 is 20.6. The number of ether oxygens (including phenoxy) is 1. The lowest BCUT2D eigenvalue weighted by atomic mass is 9.45. The molecule has 3 fully saturated rings. The number of hydrogen-bond donors (Lipinski definition) is 2. The third kappa shape index (κ3) is 3.08. The van der Waals surface area contributed by atoms with E-state index in [0.29, 0.717) is 12.8 Å². The monoisotopic (exact) mass is 494 g/mol. The predicted octanol–water partition coefficient (Wildman–Crippen LogP) is 4.46. The number of rotatable bonds is 3. The molecule has 0 unspecified atom stereocenters. The number of benzene rings is 1. The van der Waals surface area contributed by atoms with Crippen LogP contribution in [0.5, 0.6) is 0 Å². The summed E-state index contributed by atoms with van der Waals surface area (Å²) in [7, 11) is 0. The highest BCUT2D eigenvalue weighted by atomic mass is 19.1. The molecule has 6 nitrogen and oxygen atoms in total. The van der Waals surface area contributed by atoms with E-state index in [0.717, 1.165) is 42.6 Å². The van der Waals surface area contributed by atoms with E-state index in [9.17, 15) is 19.4 Å². The zero-order valence-electron chi connectivity index (χ0n) is 21.2. The minimum absolute atomic E-state index is 0.0439. The van der Waals surface area contributed by atoms with E-state index in [1.165, 1.54) is 17.7 Å². The van der Waals surface area contributed by atoms with Gasteiger partial charge in [-0.3, -0.25) is 0 Å². The van der Waals surface area contributed by atoms with Gasteiger partial charge in [0.15, 0.2) is 5.60 Å². The smallest absolute Gasteiger partial charge is 0.338 e. The lowest BCUT2D eigenvalue weighted by molar-refractivity contribution is -0.198. The number of nitrogens with zero attached hydrogens (tertiary/aromatic N) is 2. The molecule has 4 aliphatic rings. The van der Waals surface area contributed by atoms with Gasteiger partial charge >= 0.3 is 5.97 Å². The zero-order chi connectivity index (χ0) is 25.5. The molecule has 1 aromatic heterocycles. The zero-order valence-corrected chi connectivity index (χ0v) is 21.2. The molecule has 7 atom stereocenters. The molecule has 3 saturated carbocycles. The highest BCUT2D eigenvalue weighted by Gasteiger charge is 2.69. The number of aliphatic hydroxyl groups is 2. The minimum Gasteiger partial charge on any atom is -0.464 e. The second-order valence-electron chi connectivity index (χ2n) is 11.9. The Morgan fingerprint density at radius 3 is 2.72 bits per heavy atom. The van der Waals surface area contributed by atoms with Crippen LogP contribution in [0.1, 0.15) is 64.1 Å². The number of aliphatic hydroxyl groups excluding tert-OH is 1. The minimum atomic E-state index is -1.55. The lowest BCUT2D eigenvalue weighted by Crippen LogP contribution is -2.62. The summed E-state index contributed by atoms with van der Waals surface area (Å²) in [4.78, 5) is 12.9. The Labute approximate surface area is 211 Å². The van der Waals surface area contributed by atoms with Crippen LogP contribution in [0.3, 0.4) is 0 Å². The number of halogens is 1. The number of carbonyl (C=O) groups excluding carboxylic acids is 1. The van der Waals surface area contributed by atoms with Gasteiger partial charge in [0.25, 0.3) is 0 Å². The SMILES string of the molecule is CCOC(=O)[C@@]1(O)CC[C@H]2[C@@H]3CCC4=Cc5c(cnn5-c5ccc(F)cc5)C[C@]4(C)[C@H]3[C@@H](O)C[C@@]21C. The summed E-state index contributed by atoms with van der Waals surface area (Å²) in [6.07, 6.45) is 7.64. The van der Waals surface area contributed by atoms with Gasteiger partial charge in [0.1, 0.15) is 5.82 Å². The fraction of sp³-hybridized carbons (Fsp3) is 0.586. The maximum atomic E-state index is 13.5. The molecule has 0 bridgehead atoms. The highest BCUT2D eigenvalue weighted by molar-refractivity contribution is 5.81. The Morgan fingerprint density at radius 1 is 1.25 bits per heavy atom. The molecular weight excluding hydrogens is 459 g/mol. The van der Waals surface area contributed by atoms with Crippen molar-refractivity contribution in [1.29, 1.82) is 0 Å². The molecule has 36 heavy (non-hydrogen) atoms. The normalized spacial score (nSPS) is 38.9. The fourth-order valence-corrected chi connectivity index (χ4v) is 8.56. The van der Waals surface area contributed by atoms with Crippen LogP contribution < -0.4 is 0 Å². The van der Waals surface area contributed by atoms with Crippen LogP contribution in [0.25, 0.3) is 11.8 Å². The molecule has 0 saturated heterocycles. The van der Waals surface area contributed by atoms with Gasteiger partial charge in [-0.15, -0.1) is 0 Å². The summed E-state index contributed by atoms with van der Waals surface area (Å²) in [6.45, 7) is 6.25. The molecular formula is C29H35FN2O4. The first kappa shape index (κ1) is 23.9. The van der Waals surface area contributed by atoms with E-state index in [2.05, 4.69) is 18.1 Å². The first-order valence-corrected chi connectivity index (χ1v) is 13.2. The Morgan fingerprint density at radius 2 is 2.00 bits per heavy atom. The molecule has 6 rings (SSSR count). The van der Waals surface area contributed by atoms with Crippen molar-refractivity contribution in [2.24, 2.45) is 28.6 Å². The van der Waals surface area contributed by atoms with Crippen molar-refractivity contribution in [1.82, 2.24) is 9.78 Å². The summed E-state index contributed by atoms with van der Waals surface area (Å²) in [5.41, 5.74) is 1.82. The molecule has 2 N–H and O–H groups in total. The van der Waals surface area contributed by atoms with Crippen molar-refractivity contribution in [2.45, 2.75) is 71.0 Å². The Balaban J connectivity index is 1.35. The van der Waals surface area contributed by atoms with Crippen LogP contribution in [0.15, 0.2) is 36.0 Å². The maximum Gasteiger partial charge on any atom is 0.338 e. The molecule has 0 radical (unpaired) electrons. The second-order valence-corrected chi connectivity index (χ2v) is 11.9. The van der Waals surface area contributed by atoms with Gasteiger partial charge < -0.3 is 14.9 Å². The Kier molecular flexibility index (Phi) is 5.30. The molecule has 0 aliphatic heterocycles. The number of esters is 1. The fourth-order valence-electron chi connectivity index (χ4n) is 8.56. The molecule has 2 aromatic rings. The predicted molar refractivity (Wildman–Crippen MR) is 133 cm³/mol. The second kappa shape index (κ2) is 7.99. The topological polar surface area (TPSA) is 84.6 Å². The summed E-state index contributed by atoms with van der Waals surface area (Å²) in [5, 5.41) is 27.9. The van der Waals surface area contributed by atoms with E-state index in [4.69, 9.17) is 4.74 Å². The maximum absolute atomic E-state index is 13.5. The van der Waals surface area contributed by atoms with Crippen molar-refractivity contribution in [3.8, 4) is 5.69 Å². The standard InChI is InChI=1S/C29H35FN2O4/c1-4-36-26(34)29(35)12-11-22-21-10-5-18-13-23-17(16-31-32(23)20-8-6-19(30)7-9-20)14-27(18,2)25(21)24(33)15-28(22,29)3/h6-9,13,16,21-22,24-25,33,35H,4-5,10-12,14-15H2,1-3H3/t21-,22-,24-,25+,27-,28-,29-/m0/s1. The highest BCUT2D eigenvalue weighted by Crippen LogP contribution is 2.67. The van der Waals surface area contributed by atoms with Gasteiger partial charge in [-0.1, -0.05) is 19.4 Å². The van der Waals surface area contributed by atoms with E-state index >= 15 is 0 Å². The van der Waals surface area contributed by atoms with Crippen LogP contribution in [0.4, 0.5) is 4.39 Å². The van der Waals surface area contributed by atoms with E-state index in [-0.39, 0.29) is 35.6 Å². The van der Waals surface area contributed by atoms with Crippen molar-refractivity contribution >= 4 is 12.0 Å². The van der Waals surface area contributed by atoms with Crippen molar-refractivity contribution < 1.29 is 24.1 Å². The van der Waals surface area contributed by atoms with Crippen molar-refractivity contribution in [3.63, 3.8) is 0 Å². The largest absolute Gasteiger partial charge is 0.464 e. The third-order valence-electron chi connectivity index (χ3n) is 10.3. The van der Waals surface area contributed by atoms with Crippen LogP contribution in [0.2, 0.25) is 0 Å². The molecule has 1 heterocycles. The summed E-state index contributed by atoms with van der Waals surface area (Å²) >= 11 is 0. The lowest BCUT2D eigenvalue weighted by Gasteiger charge is -2.60. The molecule has 7 heteroatoms. The van der Waals surface area contributed by atoms with Gasteiger partial charge in [0.05, 0.1) is 30.3 Å². The average Bonchev–Trinajstić information content (AvgIpc) is 3.35. The average molecular weight is 495 g/mol. The molecule has 0 amide bonds. The Bertz CT molecular complexity index is 1240. The van der Waals surface area contributed by atoms with Gasteiger partial charge in [-0.25, -0.2) is 13.9 Å². The first-order valence-electron chi connectivity index (χ1n) is 13.2. The van der Waals surface area contributed by atoms with Crippen LogP contribution in [-0.4, -0.2) is 44.3 Å². The molecule has 192 valence electrons. The first-order chi connectivity index (χ1) is 17.1. The van der Waals surface area contributed by atoms with Gasteiger partial charge in [0, 0.05) is 5.41 Å². The van der Waals surface area contributed by atoms with Crippen LogP contribution in [-0.2, 0) is 16.0 Å². The number of carbonyl (C=O) groups is 1. The summed E-state index contributed by atoms with van der Waals surface area (Å²) in [5.74, 6) is -0.398. The van der Waals surface area contributed by atoms with E-state index in [1.807, 2.05) is 17.8 Å². The summed E-state index contributed by atoms with van der Waals surface area (Å²) in [6, 6.07) is 6.37. The third-order valence-corrected chi connectivity index (χ3v) is 10.3. The quantitative estimate of drug-likeness (QED) is 0.616. The molecule has 0 spiro atoms. The molecule has 1 aromatic carbocycles. The van der Waals surface area contributed by atoms with Crippen LogP contribution in [0, 0.1) is 34.4 Å². The van der Waals surface area contributed by atoms with Crippen molar-refractivity contribution in [2.75, 3.05) is 6.61 Å². The van der Waals surface area contributed by atoms with Gasteiger partial charge in [-0.05, 0) is 105 Å².